The average Bonchev–Trinajstić information content (AvgIpc) is 2.39. The summed E-state index contributed by atoms with van der Waals surface area (Å²) in [6.45, 7) is 2.05. The number of nitrogens with zero attached hydrogens (tertiary/aromatic N) is 1. The minimum Gasteiger partial charge on any atom is -0.207 e. The van der Waals surface area contributed by atoms with Crippen molar-refractivity contribution in [1.82, 2.24) is 0 Å². The fourth-order valence-corrected chi connectivity index (χ4v) is 3.47. The first-order valence-electron chi connectivity index (χ1n) is 5.84. The van der Waals surface area contributed by atoms with Crippen LogP contribution in [0.2, 0.25) is 0 Å². The number of nitriles is 1. The molecule has 2 aromatic carbocycles. The SMILES string of the molecule is CCSc1cccc(Sc2cccc(F)c2)c1C#N. The van der Waals surface area contributed by atoms with E-state index in [1.807, 2.05) is 24.3 Å². The van der Waals surface area contributed by atoms with Gasteiger partial charge in [0.05, 0.1) is 5.56 Å². The van der Waals surface area contributed by atoms with Crippen molar-refractivity contribution in [3.8, 4) is 6.07 Å². The molecular weight excluding hydrogens is 277 g/mol. The molecule has 0 heterocycles. The predicted molar refractivity (Wildman–Crippen MR) is 78.1 cm³/mol. The van der Waals surface area contributed by atoms with Crippen molar-refractivity contribution in [3.63, 3.8) is 0 Å². The maximum Gasteiger partial charge on any atom is 0.124 e. The lowest BCUT2D eigenvalue weighted by atomic mass is 10.2. The largest absolute Gasteiger partial charge is 0.207 e. The molecule has 0 saturated carbocycles. The topological polar surface area (TPSA) is 23.8 Å². The highest BCUT2D eigenvalue weighted by atomic mass is 32.2. The highest BCUT2D eigenvalue weighted by Gasteiger charge is 2.09. The van der Waals surface area contributed by atoms with Crippen LogP contribution in [0.15, 0.2) is 57.2 Å². The van der Waals surface area contributed by atoms with Gasteiger partial charge in [0.1, 0.15) is 11.9 Å². The van der Waals surface area contributed by atoms with Gasteiger partial charge in [-0.1, -0.05) is 30.8 Å². The molecule has 0 aromatic heterocycles. The van der Waals surface area contributed by atoms with Crippen LogP contribution in [-0.4, -0.2) is 5.75 Å². The number of benzene rings is 2. The maximum absolute atomic E-state index is 13.2. The summed E-state index contributed by atoms with van der Waals surface area (Å²) >= 11 is 3.06. The Bertz CT molecular complexity index is 620. The van der Waals surface area contributed by atoms with Gasteiger partial charge in [-0.15, -0.1) is 11.8 Å². The predicted octanol–water partition coefficient (Wildman–Crippen LogP) is 4.96. The second-order valence-electron chi connectivity index (χ2n) is 3.73. The van der Waals surface area contributed by atoms with Gasteiger partial charge in [0.15, 0.2) is 0 Å². The van der Waals surface area contributed by atoms with Gasteiger partial charge in [0.2, 0.25) is 0 Å². The van der Waals surface area contributed by atoms with E-state index >= 15 is 0 Å². The molecule has 2 rings (SSSR count). The van der Waals surface area contributed by atoms with Crippen LogP contribution in [0.5, 0.6) is 0 Å². The quantitative estimate of drug-likeness (QED) is 0.743. The van der Waals surface area contributed by atoms with Gasteiger partial charge < -0.3 is 0 Å². The number of hydrogen-bond donors (Lipinski definition) is 0. The molecule has 0 unspecified atom stereocenters. The summed E-state index contributed by atoms with van der Waals surface area (Å²) in [6.07, 6.45) is 0. The molecule has 4 heteroatoms. The summed E-state index contributed by atoms with van der Waals surface area (Å²) in [5, 5.41) is 9.31. The van der Waals surface area contributed by atoms with Crippen LogP contribution < -0.4 is 0 Å². The molecular formula is C15H12FNS2. The minimum absolute atomic E-state index is 0.261. The summed E-state index contributed by atoms with van der Waals surface area (Å²) in [7, 11) is 0. The summed E-state index contributed by atoms with van der Waals surface area (Å²) in [6, 6.07) is 14.4. The Morgan fingerprint density at radius 1 is 1.16 bits per heavy atom. The molecule has 96 valence electrons. The molecule has 0 atom stereocenters. The summed E-state index contributed by atoms with van der Waals surface area (Å²) in [4.78, 5) is 2.65. The standard InChI is InChI=1S/C15H12FNS2/c1-2-18-14-7-4-8-15(13(14)10-17)19-12-6-3-5-11(16)9-12/h3-9H,2H2,1H3. The average molecular weight is 289 g/mol. The van der Waals surface area contributed by atoms with Crippen LogP contribution in [0.1, 0.15) is 12.5 Å². The zero-order valence-electron chi connectivity index (χ0n) is 10.4. The van der Waals surface area contributed by atoms with Crippen molar-refractivity contribution >= 4 is 23.5 Å². The third kappa shape index (κ3) is 3.52. The lowest BCUT2D eigenvalue weighted by Gasteiger charge is -2.08. The Hall–Kier alpha value is -1.44. The Morgan fingerprint density at radius 3 is 2.58 bits per heavy atom. The molecule has 0 saturated heterocycles. The first kappa shape index (κ1) is 14.0. The van der Waals surface area contributed by atoms with E-state index in [9.17, 15) is 9.65 Å². The van der Waals surface area contributed by atoms with Crippen molar-refractivity contribution in [2.24, 2.45) is 0 Å². The number of halogens is 1. The van der Waals surface area contributed by atoms with Gasteiger partial charge in [-0.2, -0.15) is 5.26 Å². The third-order valence-corrected chi connectivity index (χ3v) is 4.41. The van der Waals surface area contributed by atoms with Crippen LogP contribution >= 0.6 is 23.5 Å². The first-order valence-corrected chi connectivity index (χ1v) is 7.64. The fourth-order valence-electron chi connectivity index (χ4n) is 1.64. The van der Waals surface area contributed by atoms with E-state index in [1.165, 1.54) is 23.9 Å². The van der Waals surface area contributed by atoms with Crippen molar-refractivity contribution in [1.29, 1.82) is 5.26 Å². The smallest absolute Gasteiger partial charge is 0.124 e. The van der Waals surface area contributed by atoms with Crippen molar-refractivity contribution in [2.75, 3.05) is 5.75 Å². The van der Waals surface area contributed by atoms with Gasteiger partial charge in [-0.3, -0.25) is 0 Å². The first-order chi connectivity index (χ1) is 9.24. The Balaban J connectivity index is 2.35. The van der Waals surface area contributed by atoms with Crippen LogP contribution in [0, 0.1) is 17.1 Å². The van der Waals surface area contributed by atoms with Crippen LogP contribution in [0.25, 0.3) is 0 Å². The summed E-state index contributed by atoms with van der Waals surface area (Å²) in [5.74, 6) is 0.658. The number of rotatable bonds is 4. The molecule has 19 heavy (non-hydrogen) atoms. The molecule has 0 aliphatic heterocycles. The van der Waals surface area contributed by atoms with Gasteiger partial charge >= 0.3 is 0 Å². The normalized spacial score (nSPS) is 10.2. The Labute approximate surface area is 120 Å². The van der Waals surface area contributed by atoms with E-state index in [1.54, 1.807) is 17.8 Å². The number of hydrogen-bond acceptors (Lipinski definition) is 3. The molecule has 2 aromatic rings. The van der Waals surface area contributed by atoms with Crippen molar-refractivity contribution in [2.45, 2.75) is 21.6 Å². The van der Waals surface area contributed by atoms with Crippen molar-refractivity contribution < 1.29 is 4.39 Å². The van der Waals surface area contributed by atoms with Gasteiger partial charge in [-0.05, 0) is 36.1 Å². The lowest BCUT2D eigenvalue weighted by Crippen LogP contribution is -1.86. The third-order valence-electron chi connectivity index (χ3n) is 2.42. The van der Waals surface area contributed by atoms with Gasteiger partial charge in [-0.25, -0.2) is 4.39 Å². The number of thioether (sulfide) groups is 1. The second kappa shape index (κ2) is 6.65. The van der Waals surface area contributed by atoms with Crippen LogP contribution in [-0.2, 0) is 0 Å². The maximum atomic E-state index is 13.2. The summed E-state index contributed by atoms with van der Waals surface area (Å²) in [5.41, 5.74) is 0.670. The molecule has 0 amide bonds. The molecule has 1 nitrogen and oxygen atoms in total. The van der Waals surface area contributed by atoms with E-state index in [2.05, 4.69) is 13.0 Å². The fraction of sp³-hybridized carbons (Fsp3) is 0.133. The van der Waals surface area contributed by atoms with Gasteiger partial charge in [0.25, 0.3) is 0 Å². The lowest BCUT2D eigenvalue weighted by molar-refractivity contribution is 0.624. The Kier molecular flexibility index (Phi) is 4.89. The van der Waals surface area contributed by atoms with E-state index in [0.29, 0.717) is 5.56 Å². The van der Waals surface area contributed by atoms with Gasteiger partial charge in [0, 0.05) is 14.7 Å². The zero-order valence-corrected chi connectivity index (χ0v) is 12.0. The molecule has 0 aliphatic rings. The van der Waals surface area contributed by atoms with E-state index in [4.69, 9.17) is 0 Å². The molecule has 0 N–H and O–H groups in total. The minimum atomic E-state index is -0.261. The molecule has 0 fully saturated rings. The zero-order chi connectivity index (χ0) is 13.7. The van der Waals surface area contributed by atoms with Crippen LogP contribution in [0.4, 0.5) is 4.39 Å². The molecule has 0 bridgehead atoms. The van der Waals surface area contributed by atoms with Crippen LogP contribution in [0.3, 0.4) is 0 Å². The summed E-state index contributed by atoms with van der Waals surface area (Å²) < 4.78 is 13.2. The molecule has 0 radical (unpaired) electrons. The highest BCUT2D eigenvalue weighted by molar-refractivity contribution is 8.00. The molecule has 0 spiro atoms. The Morgan fingerprint density at radius 2 is 1.89 bits per heavy atom. The van der Waals surface area contributed by atoms with E-state index in [0.717, 1.165) is 20.4 Å². The molecule has 0 aliphatic carbocycles. The van der Waals surface area contributed by atoms with Crippen molar-refractivity contribution in [3.05, 3.63) is 53.8 Å². The van der Waals surface area contributed by atoms with E-state index in [-0.39, 0.29) is 5.82 Å². The van der Waals surface area contributed by atoms with E-state index < -0.39 is 0 Å². The second-order valence-corrected chi connectivity index (χ2v) is 6.15. The monoisotopic (exact) mass is 289 g/mol. The highest BCUT2D eigenvalue weighted by Crippen LogP contribution is 2.35.